The molecule has 0 unspecified atom stereocenters. The lowest BCUT2D eigenvalue weighted by Gasteiger charge is -2.42. The minimum atomic E-state index is -0.753. The molecule has 3 rings (SSSR count). The SMILES string of the molecule is CC(C)N1C(=O)CO[C@H](C(=O)NCCCOc2cccnc2)[C@H]1c1ccccc1. The van der Waals surface area contributed by atoms with E-state index in [-0.39, 0.29) is 24.5 Å². The normalized spacial score (nSPS) is 19.3. The number of hydrogen-bond acceptors (Lipinski definition) is 5. The lowest BCUT2D eigenvalue weighted by molar-refractivity contribution is -0.167. The van der Waals surface area contributed by atoms with Gasteiger partial charge in [0.05, 0.1) is 18.8 Å². The Bertz CT molecular complexity index is 798. The minimum Gasteiger partial charge on any atom is -0.492 e. The molecule has 29 heavy (non-hydrogen) atoms. The zero-order valence-electron chi connectivity index (χ0n) is 16.8. The molecule has 0 radical (unpaired) electrons. The third kappa shape index (κ3) is 5.32. The maximum atomic E-state index is 12.9. The van der Waals surface area contributed by atoms with Gasteiger partial charge >= 0.3 is 0 Å². The van der Waals surface area contributed by atoms with Gasteiger partial charge in [-0.2, -0.15) is 0 Å². The molecule has 1 aliphatic heterocycles. The summed E-state index contributed by atoms with van der Waals surface area (Å²) in [6.07, 6.45) is 3.23. The van der Waals surface area contributed by atoms with Crippen molar-refractivity contribution >= 4 is 11.8 Å². The van der Waals surface area contributed by atoms with E-state index in [2.05, 4.69) is 10.3 Å². The first-order valence-corrected chi connectivity index (χ1v) is 9.86. The van der Waals surface area contributed by atoms with Crippen LogP contribution in [0.4, 0.5) is 0 Å². The predicted octanol–water partition coefficient (Wildman–Crippen LogP) is 2.34. The molecule has 7 nitrogen and oxygen atoms in total. The molecule has 1 aliphatic rings. The zero-order chi connectivity index (χ0) is 20.6. The Morgan fingerprint density at radius 2 is 2.07 bits per heavy atom. The van der Waals surface area contributed by atoms with Gasteiger partial charge in [0.1, 0.15) is 12.4 Å². The maximum absolute atomic E-state index is 12.9. The number of ether oxygens (including phenoxy) is 2. The van der Waals surface area contributed by atoms with Crippen molar-refractivity contribution in [2.45, 2.75) is 38.5 Å². The number of nitrogens with zero attached hydrogens (tertiary/aromatic N) is 2. The van der Waals surface area contributed by atoms with Crippen LogP contribution in [-0.2, 0) is 14.3 Å². The summed E-state index contributed by atoms with van der Waals surface area (Å²) >= 11 is 0. The first-order chi connectivity index (χ1) is 14.1. The van der Waals surface area contributed by atoms with Gasteiger partial charge in [0.15, 0.2) is 6.10 Å². The number of aromatic nitrogens is 1. The molecule has 154 valence electrons. The van der Waals surface area contributed by atoms with Crippen molar-refractivity contribution in [1.82, 2.24) is 15.2 Å². The Hall–Kier alpha value is -2.93. The Balaban J connectivity index is 1.60. The first-order valence-electron chi connectivity index (χ1n) is 9.86. The summed E-state index contributed by atoms with van der Waals surface area (Å²) in [5.74, 6) is 0.367. The lowest BCUT2D eigenvalue weighted by atomic mass is 9.96. The Kier molecular flexibility index (Phi) is 7.19. The summed E-state index contributed by atoms with van der Waals surface area (Å²) in [7, 11) is 0. The molecule has 2 amide bonds. The molecule has 7 heteroatoms. The Morgan fingerprint density at radius 3 is 2.76 bits per heavy atom. The topological polar surface area (TPSA) is 80.8 Å². The molecule has 0 saturated carbocycles. The molecule has 2 heterocycles. The van der Waals surface area contributed by atoms with E-state index in [4.69, 9.17) is 9.47 Å². The molecule has 2 aromatic rings. The highest BCUT2D eigenvalue weighted by Gasteiger charge is 2.42. The zero-order valence-corrected chi connectivity index (χ0v) is 16.8. The number of morpholine rings is 1. The van der Waals surface area contributed by atoms with Crippen LogP contribution in [0.3, 0.4) is 0 Å². The smallest absolute Gasteiger partial charge is 0.251 e. The second kappa shape index (κ2) is 10.0. The summed E-state index contributed by atoms with van der Waals surface area (Å²) in [6.45, 7) is 4.73. The van der Waals surface area contributed by atoms with Crippen molar-refractivity contribution in [1.29, 1.82) is 0 Å². The van der Waals surface area contributed by atoms with Gasteiger partial charge in [-0.05, 0) is 38.0 Å². The molecule has 1 fully saturated rings. The lowest BCUT2D eigenvalue weighted by Crippen LogP contribution is -2.56. The number of pyridine rings is 1. The molecule has 1 aromatic heterocycles. The maximum Gasteiger partial charge on any atom is 0.251 e. The van der Waals surface area contributed by atoms with Crippen LogP contribution >= 0.6 is 0 Å². The van der Waals surface area contributed by atoms with Gasteiger partial charge in [-0.15, -0.1) is 0 Å². The van der Waals surface area contributed by atoms with Crippen molar-refractivity contribution < 1.29 is 19.1 Å². The van der Waals surface area contributed by atoms with E-state index in [1.54, 1.807) is 17.3 Å². The van der Waals surface area contributed by atoms with E-state index < -0.39 is 12.1 Å². The van der Waals surface area contributed by atoms with Gasteiger partial charge in [0.25, 0.3) is 5.91 Å². The minimum absolute atomic E-state index is 0.0419. The molecule has 1 aromatic carbocycles. The number of benzene rings is 1. The van der Waals surface area contributed by atoms with Gasteiger partial charge < -0.3 is 19.7 Å². The van der Waals surface area contributed by atoms with Crippen LogP contribution in [-0.4, -0.2) is 53.6 Å². The van der Waals surface area contributed by atoms with Gasteiger partial charge in [-0.3, -0.25) is 14.6 Å². The highest BCUT2D eigenvalue weighted by Crippen LogP contribution is 2.32. The first kappa shape index (κ1) is 20.8. The molecule has 0 bridgehead atoms. The van der Waals surface area contributed by atoms with Crippen LogP contribution in [0, 0.1) is 0 Å². The van der Waals surface area contributed by atoms with Crippen molar-refractivity contribution in [2.24, 2.45) is 0 Å². The molecule has 0 spiro atoms. The molecule has 2 atom stereocenters. The largest absolute Gasteiger partial charge is 0.492 e. The number of amides is 2. The van der Waals surface area contributed by atoms with Gasteiger partial charge in [-0.25, -0.2) is 0 Å². The monoisotopic (exact) mass is 397 g/mol. The van der Waals surface area contributed by atoms with Gasteiger partial charge in [-0.1, -0.05) is 30.3 Å². The highest BCUT2D eigenvalue weighted by atomic mass is 16.5. The fourth-order valence-corrected chi connectivity index (χ4v) is 3.45. The fourth-order valence-electron chi connectivity index (χ4n) is 3.45. The van der Waals surface area contributed by atoms with Crippen LogP contribution in [0.15, 0.2) is 54.9 Å². The van der Waals surface area contributed by atoms with E-state index in [0.717, 1.165) is 5.56 Å². The van der Waals surface area contributed by atoms with Crippen molar-refractivity contribution in [3.8, 4) is 5.75 Å². The number of hydrogen-bond donors (Lipinski definition) is 1. The van der Waals surface area contributed by atoms with E-state index in [9.17, 15) is 9.59 Å². The third-order valence-corrected chi connectivity index (χ3v) is 4.74. The molecule has 0 aliphatic carbocycles. The van der Waals surface area contributed by atoms with Crippen molar-refractivity contribution in [3.63, 3.8) is 0 Å². The molecular weight excluding hydrogens is 370 g/mol. The quantitative estimate of drug-likeness (QED) is 0.692. The summed E-state index contributed by atoms with van der Waals surface area (Å²) in [6, 6.07) is 12.7. The van der Waals surface area contributed by atoms with Crippen LogP contribution in [0.2, 0.25) is 0 Å². The van der Waals surface area contributed by atoms with Crippen LogP contribution in [0.25, 0.3) is 0 Å². The van der Waals surface area contributed by atoms with Gasteiger partial charge in [0, 0.05) is 18.8 Å². The standard InChI is InChI=1S/C22H27N3O4/c1-16(2)25-19(26)15-29-21(20(25)17-8-4-3-5-9-17)22(27)24-12-7-13-28-18-10-6-11-23-14-18/h3-6,8-11,14,16,20-21H,7,12-13,15H2,1-2H3,(H,24,27)/t20-,21+/m1/s1. The average molecular weight is 397 g/mol. The second-order valence-electron chi connectivity index (χ2n) is 7.16. The molecule has 1 N–H and O–H groups in total. The summed E-state index contributed by atoms with van der Waals surface area (Å²) < 4.78 is 11.3. The fraction of sp³-hybridized carbons (Fsp3) is 0.409. The predicted molar refractivity (Wildman–Crippen MR) is 108 cm³/mol. The third-order valence-electron chi connectivity index (χ3n) is 4.74. The highest BCUT2D eigenvalue weighted by molar-refractivity contribution is 5.86. The van der Waals surface area contributed by atoms with Crippen LogP contribution in [0.1, 0.15) is 31.9 Å². The van der Waals surface area contributed by atoms with Crippen LogP contribution in [0.5, 0.6) is 5.75 Å². The van der Waals surface area contributed by atoms with E-state index in [1.165, 1.54) is 0 Å². The summed E-state index contributed by atoms with van der Waals surface area (Å²) in [4.78, 5) is 31.1. The average Bonchev–Trinajstić information content (AvgIpc) is 2.74. The van der Waals surface area contributed by atoms with Crippen molar-refractivity contribution in [3.05, 3.63) is 60.4 Å². The van der Waals surface area contributed by atoms with Gasteiger partial charge in [0.2, 0.25) is 5.91 Å². The van der Waals surface area contributed by atoms with E-state index >= 15 is 0 Å². The Morgan fingerprint density at radius 1 is 1.28 bits per heavy atom. The molecule has 1 saturated heterocycles. The van der Waals surface area contributed by atoms with E-state index in [1.807, 2.05) is 56.3 Å². The molecular formula is C22H27N3O4. The number of carbonyl (C=O) groups is 2. The van der Waals surface area contributed by atoms with E-state index in [0.29, 0.717) is 25.3 Å². The second-order valence-corrected chi connectivity index (χ2v) is 7.16. The number of rotatable bonds is 8. The summed E-state index contributed by atoms with van der Waals surface area (Å²) in [5, 5.41) is 2.92. The van der Waals surface area contributed by atoms with Crippen LogP contribution < -0.4 is 10.1 Å². The summed E-state index contributed by atoms with van der Waals surface area (Å²) in [5.41, 5.74) is 0.884. The number of carbonyl (C=O) groups excluding carboxylic acids is 2. The Labute approximate surface area is 171 Å². The number of nitrogens with one attached hydrogen (secondary N) is 1. The van der Waals surface area contributed by atoms with Crippen molar-refractivity contribution in [2.75, 3.05) is 19.8 Å².